The van der Waals surface area contributed by atoms with Gasteiger partial charge in [0.1, 0.15) is 11.6 Å². The van der Waals surface area contributed by atoms with Gasteiger partial charge in [-0.25, -0.2) is 4.98 Å². The van der Waals surface area contributed by atoms with Crippen molar-refractivity contribution in [3.63, 3.8) is 0 Å². The molecule has 0 saturated carbocycles. The first-order chi connectivity index (χ1) is 7.59. The number of hydrogen-bond acceptors (Lipinski definition) is 4. The zero-order valence-electron chi connectivity index (χ0n) is 9.23. The monoisotopic (exact) mass is 218 g/mol. The van der Waals surface area contributed by atoms with Crippen LogP contribution in [0.25, 0.3) is 11.4 Å². The molecular formula is C11H14N4O. The summed E-state index contributed by atoms with van der Waals surface area (Å²) in [5, 5.41) is 16.7. The van der Waals surface area contributed by atoms with Crippen molar-refractivity contribution in [1.82, 2.24) is 15.2 Å². The van der Waals surface area contributed by atoms with Crippen LogP contribution in [0.4, 0.5) is 5.69 Å². The molecule has 2 rings (SSSR count). The zero-order valence-corrected chi connectivity index (χ0v) is 9.23. The predicted octanol–water partition coefficient (Wildman–Crippen LogP) is 1.88. The molecule has 0 atom stereocenters. The number of aromatic hydroxyl groups is 1. The smallest absolute Gasteiger partial charge is 0.184 e. The van der Waals surface area contributed by atoms with Gasteiger partial charge < -0.3 is 10.8 Å². The standard InChI is InChI=1S/C11H14N4O/c1-6(2)10-13-11(15-14-10)7-4-3-5-8(12)9(7)16/h3-6,16H,12H2,1-2H3,(H,13,14,15). The highest BCUT2D eigenvalue weighted by Gasteiger charge is 2.13. The maximum Gasteiger partial charge on any atom is 0.184 e. The van der Waals surface area contributed by atoms with Crippen molar-refractivity contribution in [2.24, 2.45) is 0 Å². The van der Waals surface area contributed by atoms with Crippen molar-refractivity contribution >= 4 is 5.69 Å². The van der Waals surface area contributed by atoms with Crippen molar-refractivity contribution in [2.75, 3.05) is 5.73 Å². The van der Waals surface area contributed by atoms with E-state index in [-0.39, 0.29) is 11.7 Å². The number of H-pyrrole nitrogens is 1. The molecule has 16 heavy (non-hydrogen) atoms. The van der Waals surface area contributed by atoms with Crippen LogP contribution in [0.15, 0.2) is 18.2 Å². The summed E-state index contributed by atoms with van der Waals surface area (Å²) >= 11 is 0. The van der Waals surface area contributed by atoms with Crippen LogP contribution in [0, 0.1) is 0 Å². The normalized spacial score (nSPS) is 10.9. The number of phenols is 1. The summed E-state index contributed by atoms with van der Waals surface area (Å²) in [4.78, 5) is 4.30. The number of phenolic OH excluding ortho intramolecular Hbond substituents is 1. The summed E-state index contributed by atoms with van der Waals surface area (Å²) in [6.07, 6.45) is 0. The maximum absolute atomic E-state index is 9.78. The molecule has 0 bridgehead atoms. The van der Waals surface area contributed by atoms with Crippen LogP contribution < -0.4 is 5.73 Å². The van der Waals surface area contributed by atoms with Crippen LogP contribution in [0.3, 0.4) is 0 Å². The fraction of sp³-hybridized carbons (Fsp3) is 0.273. The number of rotatable bonds is 2. The summed E-state index contributed by atoms with van der Waals surface area (Å²) in [6.45, 7) is 4.03. The predicted molar refractivity (Wildman–Crippen MR) is 62.0 cm³/mol. The summed E-state index contributed by atoms with van der Waals surface area (Å²) in [6, 6.07) is 5.13. The van der Waals surface area contributed by atoms with Gasteiger partial charge in [0.2, 0.25) is 0 Å². The number of benzene rings is 1. The molecular weight excluding hydrogens is 204 g/mol. The van der Waals surface area contributed by atoms with Gasteiger partial charge in [0.15, 0.2) is 5.82 Å². The van der Waals surface area contributed by atoms with E-state index in [1.54, 1.807) is 18.2 Å². The number of aromatic amines is 1. The molecule has 1 heterocycles. The molecule has 1 aromatic carbocycles. The van der Waals surface area contributed by atoms with E-state index in [4.69, 9.17) is 5.73 Å². The van der Waals surface area contributed by atoms with Crippen LogP contribution in [0.2, 0.25) is 0 Å². The quantitative estimate of drug-likeness (QED) is 0.530. The van der Waals surface area contributed by atoms with Crippen molar-refractivity contribution in [3.05, 3.63) is 24.0 Å². The average Bonchev–Trinajstić information content (AvgIpc) is 2.71. The zero-order chi connectivity index (χ0) is 11.7. The summed E-state index contributed by atoms with van der Waals surface area (Å²) in [5.41, 5.74) is 6.48. The van der Waals surface area contributed by atoms with E-state index >= 15 is 0 Å². The number of hydrogen-bond donors (Lipinski definition) is 3. The van der Waals surface area contributed by atoms with Crippen LogP contribution >= 0.6 is 0 Å². The third-order valence-corrected chi connectivity index (χ3v) is 2.36. The van der Waals surface area contributed by atoms with Crippen molar-refractivity contribution in [2.45, 2.75) is 19.8 Å². The molecule has 2 aromatic rings. The number of anilines is 1. The van der Waals surface area contributed by atoms with Gasteiger partial charge in [0.25, 0.3) is 0 Å². The van der Waals surface area contributed by atoms with Crippen molar-refractivity contribution in [3.8, 4) is 17.1 Å². The lowest BCUT2D eigenvalue weighted by Crippen LogP contribution is -1.90. The topological polar surface area (TPSA) is 87.8 Å². The Hall–Kier alpha value is -2.04. The molecule has 5 nitrogen and oxygen atoms in total. The van der Waals surface area contributed by atoms with E-state index in [0.29, 0.717) is 17.1 Å². The molecule has 84 valence electrons. The van der Waals surface area contributed by atoms with Gasteiger partial charge in [-0.3, -0.25) is 5.10 Å². The SMILES string of the molecule is CC(C)c1nc(-c2cccc(N)c2O)n[nH]1. The van der Waals surface area contributed by atoms with Crippen LogP contribution in [-0.2, 0) is 0 Å². The van der Waals surface area contributed by atoms with Crippen molar-refractivity contribution < 1.29 is 5.11 Å². The van der Waals surface area contributed by atoms with Gasteiger partial charge in [0, 0.05) is 5.92 Å². The first-order valence-electron chi connectivity index (χ1n) is 5.09. The Morgan fingerprint density at radius 1 is 1.38 bits per heavy atom. The number of nitrogens with zero attached hydrogens (tertiary/aromatic N) is 2. The van der Waals surface area contributed by atoms with Crippen LogP contribution in [0.1, 0.15) is 25.6 Å². The second-order valence-electron chi connectivity index (χ2n) is 3.94. The Balaban J connectivity index is 2.47. The fourth-order valence-corrected chi connectivity index (χ4v) is 1.39. The molecule has 0 aliphatic carbocycles. The highest BCUT2D eigenvalue weighted by atomic mass is 16.3. The minimum absolute atomic E-state index is 0.0248. The van der Waals surface area contributed by atoms with E-state index < -0.39 is 0 Å². The van der Waals surface area contributed by atoms with Gasteiger partial charge in [-0.05, 0) is 12.1 Å². The van der Waals surface area contributed by atoms with Gasteiger partial charge in [-0.2, -0.15) is 5.10 Å². The van der Waals surface area contributed by atoms with E-state index in [2.05, 4.69) is 15.2 Å². The molecule has 0 spiro atoms. The average molecular weight is 218 g/mol. The third-order valence-electron chi connectivity index (χ3n) is 2.36. The molecule has 0 aliphatic heterocycles. The molecule has 0 aliphatic rings. The first kappa shape index (κ1) is 10.5. The lowest BCUT2D eigenvalue weighted by molar-refractivity contribution is 0.479. The van der Waals surface area contributed by atoms with Gasteiger partial charge in [-0.1, -0.05) is 19.9 Å². The van der Waals surface area contributed by atoms with E-state index in [1.165, 1.54) is 0 Å². The minimum atomic E-state index is 0.0248. The molecule has 0 radical (unpaired) electrons. The molecule has 0 amide bonds. The van der Waals surface area contributed by atoms with Crippen LogP contribution in [0.5, 0.6) is 5.75 Å². The lowest BCUT2D eigenvalue weighted by atomic mass is 10.1. The van der Waals surface area contributed by atoms with Crippen molar-refractivity contribution in [1.29, 1.82) is 0 Å². The van der Waals surface area contributed by atoms with E-state index in [1.807, 2.05) is 13.8 Å². The Kier molecular flexibility index (Phi) is 2.52. The number of para-hydroxylation sites is 1. The number of nitrogens with two attached hydrogens (primary N) is 1. The molecule has 0 fully saturated rings. The summed E-state index contributed by atoms with van der Waals surface area (Å²) in [5.74, 6) is 1.55. The second-order valence-corrected chi connectivity index (χ2v) is 3.94. The van der Waals surface area contributed by atoms with E-state index in [0.717, 1.165) is 5.82 Å². The molecule has 1 aromatic heterocycles. The number of nitrogen functional groups attached to an aromatic ring is 1. The molecule has 4 N–H and O–H groups in total. The highest BCUT2D eigenvalue weighted by Crippen LogP contribution is 2.31. The van der Waals surface area contributed by atoms with Gasteiger partial charge >= 0.3 is 0 Å². The summed E-state index contributed by atoms with van der Waals surface area (Å²) < 4.78 is 0. The number of aromatic nitrogens is 3. The Morgan fingerprint density at radius 2 is 2.12 bits per heavy atom. The molecule has 5 heteroatoms. The minimum Gasteiger partial charge on any atom is -0.505 e. The maximum atomic E-state index is 9.78. The fourth-order valence-electron chi connectivity index (χ4n) is 1.39. The third kappa shape index (κ3) is 1.71. The Morgan fingerprint density at radius 3 is 2.75 bits per heavy atom. The summed E-state index contributed by atoms with van der Waals surface area (Å²) in [7, 11) is 0. The van der Waals surface area contributed by atoms with E-state index in [9.17, 15) is 5.11 Å². The highest BCUT2D eigenvalue weighted by molar-refractivity contribution is 5.72. The molecule has 0 unspecified atom stereocenters. The Labute approximate surface area is 93.3 Å². The molecule has 0 saturated heterocycles. The van der Waals surface area contributed by atoms with Crippen LogP contribution in [-0.4, -0.2) is 20.3 Å². The van der Waals surface area contributed by atoms with Gasteiger partial charge in [0.05, 0.1) is 11.3 Å². The Bertz CT molecular complexity index is 504. The van der Waals surface area contributed by atoms with Gasteiger partial charge in [-0.15, -0.1) is 0 Å². The second kappa shape index (κ2) is 3.84. The lowest BCUT2D eigenvalue weighted by Gasteiger charge is -2.02. The first-order valence-corrected chi connectivity index (χ1v) is 5.09. The largest absolute Gasteiger partial charge is 0.505 e. The number of nitrogens with one attached hydrogen (secondary N) is 1.